The molecule has 2 aliphatic heterocycles. The van der Waals surface area contributed by atoms with Crippen LogP contribution in [0.3, 0.4) is 0 Å². The number of esters is 1. The zero-order valence-corrected chi connectivity index (χ0v) is 18.9. The molecule has 12 heteroatoms. The van der Waals surface area contributed by atoms with Crippen LogP contribution in [-0.4, -0.2) is 34.0 Å². The third-order valence-corrected chi connectivity index (χ3v) is 5.01. The fourth-order valence-corrected chi connectivity index (χ4v) is 3.48. The van der Waals surface area contributed by atoms with Crippen LogP contribution in [-0.2, 0) is 9.53 Å². The number of aromatic nitrogens is 2. The van der Waals surface area contributed by atoms with Crippen LogP contribution in [0.2, 0.25) is 0 Å². The maximum Gasteiger partial charge on any atom is 0.348 e. The van der Waals surface area contributed by atoms with E-state index >= 15 is 0 Å². The molecule has 12 nitrogen and oxygen atoms in total. The van der Waals surface area contributed by atoms with Crippen molar-refractivity contribution >= 4 is 29.0 Å². The number of quaternary nitrogens is 2. The number of nitrogens with zero attached hydrogens (tertiary/aromatic N) is 6. The molecule has 0 spiro atoms. The van der Waals surface area contributed by atoms with Gasteiger partial charge in [0.25, 0.3) is 11.6 Å². The van der Waals surface area contributed by atoms with Crippen LogP contribution in [0.1, 0.15) is 34.6 Å². The summed E-state index contributed by atoms with van der Waals surface area (Å²) < 4.78 is 5.14. The SMILES string of the molecule is CCOC(=O)C1=C(N=Nc2c(-c3ccccc3)nn3c2[NH+]([O-])C(C)=N3)[NH+]([O-])N=C1C(C)(C)C. The lowest BCUT2D eigenvalue weighted by atomic mass is 9.85. The van der Waals surface area contributed by atoms with Crippen LogP contribution >= 0.6 is 0 Å². The molecule has 2 N–H and O–H groups in total. The maximum absolute atomic E-state index is 12.7. The quantitative estimate of drug-likeness (QED) is 0.400. The molecule has 172 valence electrons. The molecule has 2 unspecified atom stereocenters. The normalized spacial score (nSPS) is 20.3. The Labute approximate surface area is 189 Å². The Kier molecular flexibility index (Phi) is 5.76. The number of rotatable bonds is 5. The summed E-state index contributed by atoms with van der Waals surface area (Å²) in [5.74, 6) is -0.545. The van der Waals surface area contributed by atoms with Gasteiger partial charge in [-0.05, 0) is 6.92 Å². The van der Waals surface area contributed by atoms with Gasteiger partial charge in [-0.25, -0.2) is 4.79 Å². The Morgan fingerprint density at radius 3 is 2.52 bits per heavy atom. The molecule has 4 rings (SSSR count). The first-order chi connectivity index (χ1) is 15.6. The van der Waals surface area contributed by atoms with Crippen molar-refractivity contribution < 1.29 is 19.8 Å². The van der Waals surface area contributed by atoms with Crippen LogP contribution in [0, 0.1) is 15.8 Å². The predicted octanol–water partition coefficient (Wildman–Crippen LogP) is 1.42. The monoisotopic (exact) mass is 452 g/mol. The van der Waals surface area contributed by atoms with Gasteiger partial charge in [0, 0.05) is 17.9 Å². The van der Waals surface area contributed by atoms with E-state index in [1.807, 2.05) is 51.1 Å². The molecule has 1 aromatic carbocycles. The molecule has 0 fully saturated rings. The average Bonchev–Trinajstić information content (AvgIpc) is 3.38. The van der Waals surface area contributed by atoms with Crippen molar-refractivity contribution in [1.29, 1.82) is 0 Å². The van der Waals surface area contributed by atoms with Crippen molar-refractivity contribution in [3.05, 3.63) is 52.1 Å². The standard InChI is InChI=1S/C21H24N8O4/c1-6-33-20(30)14-17(21(3,4)5)26-29(32)18(14)23-22-16-15(13-10-8-7-9-11-13)25-28-19(16)27(31)12(2)24-28/h7-11,27,29H,6H2,1-5H3. The molecule has 3 heterocycles. The van der Waals surface area contributed by atoms with Crippen LogP contribution in [0.25, 0.3) is 11.3 Å². The lowest BCUT2D eigenvalue weighted by Gasteiger charge is -2.17. The van der Waals surface area contributed by atoms with Gasteiger partial charge in [0.1, 0.15) is 11.4 Å². The van der Waals surface area contributed by atoms with E-state index in [9.17, 15) is 15.2 Å². The Bertz CT molecular complexity index is 1220. The number of carbonyl (C=O) groups is 1. The average molecular weight is 452 g/mol. The largest absolute Gasteiger partial charge is 0.621 e. The van der Waals surface area contributed by atoms with Crippen molar-refractivity contribution in [3.63, 3.8) is 0 Å². The highest BCUT2D eigenvalue weighted by Crippen LogP contribution is 2.36. The summed E-state index contributed by atoms with van der Waals surface area (Å²) in [6.07, 6.45) is 0. The zero-order valence-electron chi connectivity index (χ0n) is 18.9. The van der Waals surface area contributed by atoms with Crippen LogP contribution in [0.15, 0.2) is 62.2 Å². The molecule has 2 aromatic rings. The molecular weight excluding hydrogens is 428 g/mol. The zero-order chi connectivity index (χ0) is 23.9. The van der Waals surface area contributed by atoms with Gasteiger partial charge in [-0.1, -0.05) is 71.2 Å². The van der Waals surface area contributed by atoms with Crippen molar-refractivity contribution in [2.75, 3.05) is 6.61 Å². The summed E-state index contributed by atoms with van der Waals surface area (Å²) in [6.45, 7) is 8.85. The third-order valence-electron chi connectivity index (χ3n) is 5.01. The Hall–Kier alpha value is -3.58. The number of benzene rings is 1. The van der Waals surface area contributed by atoms with Gasteiger partial charge < -0.3 is 15.2 Å². The number of ether oxygens (including phenoxy) is 1. The summed E-state index contributed by atoms with van der Waals surface area (Å²) >= 11 is 0. The summed E-state index contributed by atoms with van der Waals surface area (Å²) in [4.78, 5) is 13.9. The van der Waals surface area contributed by atoms with Gasteiger partial charge in [-0.15, -0.1) is 10.2 Å². The molecule has 0 bridgehead atoms. The second-order valence-corrected chi connectivity index (χ2v) is 8.48. The number of hydroxylamine groups is 2. The minimum atomic E-state index is -0.704. The number of amidine groups is 1. The lowest BCUT2D eigenvalue weighted by molar-refractivity contribution is -0.811. The van der Waals surface area contributed by atoms with Gasteiger partial charge in [0.2, 0.25) is 5.84 Å². The van der Waals surface area contributed by atoms with Gasteiger partial charge in [-0.3, -0.25) is 5.06 Å². The minimum absolute atomic E-state index is 0.0260. The van der Waals surface area contributed by atoms with E-state index in [0.29, 0.717) is 11.3 Å². The summed E-state index contributed by atoms with van der Waals surface area (Å²) in [5, 5.41) is 45.3. The Morgan fingerprint density at radius 2 is 1.88 bits per heavy atom. The van der Waals surface area contributed by atoms with E-state index in [1.54, 1.807) is 13.8 Å². The fraction of sp³-hybridized carbons (Fsp3) is 0.333. The predicted molar refractivity (Wildman–Crippen MR) is 120 cm³/mol. The topological polar surface area (TPSA) is 149 Å². The summed E-state index contributed by atoms with van der Waals surface area (Å²) in [5.41, 5.74) is 0.863. The van der Waals surface area contributed by atoms with Gasteiger partial charge in [-0.2, -0.15) is 5.17 Å². The highest BCUT2D eigenvalue weighted by molar-refractivity contribution is 6.22. The van der Waals surface area contributed by atoms with Gasteiger partial charge in [0.15, 0.2) is 11.3 Å². The Balaban J connectivity index is 1.85. The van der Waals surface area contributed by atoms with Gasteiger partial charge >= 0.3 is 5.97 Å². The first-order valence-corrected chi connectivity index (χ1v) is 10.4. The van der Waals surface area contributed by atoms with E-state index in [1.165, 1.54) is 4.79 Å². The van der Waals surface area contributed by atoms with Crippen LogP contribution < -0.4 is 10.2 Å². The molecule has 0 saturated heterocycles. The molecule has 0 radical (unpaired) electrons. The first-order valence-electron chi connectivity index (χ1n) is 10.4. The Morgan fingerprint density at radius 1 is 1.18 bits per heavy atom. The molecular formula is C21H24N8O4. The molecule has 0 amide bonds. The maximum atomic E-state index is 12.7. The third kappa shape index (κ3) is 4.00. The molecule has 0 saturated carbocycles. The summed E-state index contributed by atoms with van der Waals surface area (Å²) in [7, 11) is 0. The van der Waals surface area contributed by atoms with E-state index in [0.717, 1.165) is 0 Å². The highest BCUT2D eigenvalue weighted by Gasteiger charge is 2.41. The number of carbonyl (C=O) groups excluding carboxylic acids is 1. The molecule has 0 aliphatic carbocycles. The van der Waals surface area contributed by atoms with E-state index in [-0.39, 0.29) is 46.1 Å². The first kappa shape index (κ1) is 22.6. The van der Waals surface area contributed by atoms with Crippen LogP contribution in [0.4, 0.5) is 11.5 Å². The number of hydrogen-bond donors (Lipinski definition) is 2. The molecule has 1 aromatic heterocycles. The summed E-state index contributed by atoms with van der Waals surface area (Å²) in [6, 6.07) is 9.11. The van der Waals surface area contributed by atoms with E-state index in [2.05, 4.69) is 25.5 Å². The second-order valence-electron chi connectivity index (χ2n) is 8.48. The van der Waals surface area contributed by atoms with Crippen molar-refractivity contribution in [2.24, 2.45) is 25.8 Å². The van der Waals surface area contributed by atoms with Crippen molar-refractivity contribution in [2.45, 2.75) is 34.6 Å². The fourth-order valence-electron chi connectivity index (χ4n) is 3.48. The number of azo groups is 1. The number of fused-ring (bicyclic) bond motifs is 1. The molecule has 2 aliphatic rings. The second kappa shape index (κ2) is 8.41. The number of nitrogens with one attached hydrogen (secondary N) is 2. The van der Waals surface area contributed by atoms with Crippen molar-refractivity contribution in [1.82, 2.24) is 9.89 Å². The van der Waals surface area contributed by atoms with E-state index in [4.69, 9.17) is 4.74 Å². The van der Waals surface area contributed by atoms with Crippen molar-refractivity contribution in [3.8, 4) is 11.3 Å². The molecule has 33 heavy (non-hydrogen) atoms. The minimum Gasteiger partial charge on any atom is -0.621 e. The molecule has 2 atom stereocenters. The highest BCUT2D eigenvalue weighted by atomic mass is 16.5. The lowest BCUT2D eigenvalue weighted by Crippen LogP contribution is -3.03. The van der Waals surface area contributed by atoms with Crippen LogP contribution in [0.5, 0.6) is 0 Å². The van der Waals surface area contributed by atoms with Gasteiger partial charge in [0.05, 0.1) is 6.61 Å². The smallest absolute Gasteiger partial charge is 0.348 e. The van der Waals surface area contributed by atoms with E-state index < -0.39 is 16.6 Å². The number of hydrogen-bond acceptors (Lipinski definition) is 9.